The van der Waals surface area contributed by atoms with Crippen LogP contribution in [0.2, 0.25) is 0 Å². The fourth-order valence-electron chi connectivity index (χ4n) is 4.28. The van der Waals surface area contributed by atoms with Crippen LogP contribution in [0.25, 0.3) is 22.0 Å². The molecule has 5 rings (SSSR count). The number of hydrogen-bond acceptors (Lipinski definition) is 4. The molecule has 29 heavy (non-hydrogen) atoms. The average Bonchev–Trinajstić information content (AvgIpc) is 2.74. The minimum Gasteiger partial charge on any atom is -0.462 e. The molecule has 1 saturated heterocycles. The minimum absolute atomic E-state index is 0.389. The third-order valence-corrected chi connectivity index (χ3v) is 6.04. The molecule has 2 aliphatic rings. The zero-order chi connectivity index (χ0) is 20.0. The van der Waals surface area contributed by atoms with Gasteiger partial charge in [-0.05, 0) is 36.2 Å². The van der Waals surface area contributed by atoms with Gasteiger partial charge in [-0.3, -0.25) is 4.98 Å². The molecule has 0 radical (unpaired) electrons. The Morgan fingerprint density at radius 3 is 2.76 bits per heavy atom. The first kappa shape index (κ1) is 17.9. The van der Waals surface area contributed by atoms with E-state index in [4.69, 9.17) is 15.2 Å². The summed E-state index contributed by atoms with van der Waals surface area (Å²) >= 11 is 0. The zero-order valence-corrected chi connectivity index (χ0v) is 16.4. The van der Waals surface area contributed by atoms with Crippen molar-refractivity contribution in [2.75, 3.05) is 13.1 Å². The van der Waals surface area contributed by atoms with Crippen LogP contribution < -0.4 is 10.5 Å². The van der Waals surface area contributed by atoms with Crippen LogP contribution in [0, 0.1) is 6.92 Å². The Hall–Kier alpha value is -3.12. The van der Waals surface area contributed by atoms with Crippen molar-refractivity contribution in [1.29, 1.82) is 0 Å². The molecule has 0 unspecified atom stereocenters. The Morgan fingerprint density at radius 2 is 1.97 bits per heavy atom. The molecular weight excluding hydrogens is 366 g/mol. The molecule has 2 aromatic carbocycles. The van der Waals surface area contributed by atoms with Gasteiger partial charge in [-0.1, -0.05) is 24.3 Å². The number of piperidine rings is 1. The molecule has 1 spiro atoms. The topological polar surface area (TPSA) is 77.7 Å². The molecule has 2 N–H and O–H groups in total. The number of amides is 2. The number of carbonyl (C=O) groups is 1. The summed E-state index contributed by atoms with van der Waals surface area (Å²) in [7, 11) is 0. The lowest BCUT2D eigenvalue weighted by Gasteiger charge is -2.43. The van der Waals surface area contributed by atoms with E-state index in [0.29, 0.717) is 32.5 Å². The van der Waals surface area contributed by atoms with Gasteiger partial charge >= 0.3 is 6.03 Å². The molecule has 6 nitrogen and oxygen atoms in total. The van der Waals surface area contributed by atoms with E-state index in [1.165, 1.54) is 5.56 Å². The summed E-state index contributed by atoms with van der Waals surface area (Å²) in [6.07, 6.45) is 3.17. The molecule has 6 heteroatoms. The van der Waals surface area contributed by atoms with E-state index < -0.39 is 5.79 Å². The maximum absolute atomic E-state index is 11.4. The van der Waals surface area contributed by atoms with E-state index in [1.807, 2.05) is 30.5 Å². The summed E-state index contributed by atoms with van der Waals surface area (Å²) in [5.74, 6) is 0.180. The van der Waals surface area contributed by atoms with Crippen molar-refractivity contribution in [3.63, 3.8) is 0 Å². The second-order valence-electron chi connectivity index (χ2n) is 7.76. The summed E-state index contributed by atoms with van der Waals surface area (Å²) < 4.78 is 12.4. The van der Waals surface area contributed by atoms with Gasteiger partial charge < -0.3 is 20.1 Å². The number of hydrogen-bond donors (Lipinski definition) is 1. The van der Waals surface area contributed by atoms with E-state index >= 15 is 0 Å². The number of para-hydroxylation sites is 1. The molecule has 3 aromatic rings. The van der Waals surface area contributed by atoms with E-state index in [1.54, 1.807) is 4.90 Å². The number of ether oxygens (including phenoxy) is 2. The van der Waals surface area contributed by atoms with Gasteiger partial charge in [0.15, 0.2) is 0 Å². The fourth-order valence-corrected chi connectivity index (χ4v) is 4.28. The van der Waals surface area contributed by atoms with Gasteiger partial charge in [0, 0.05) is 48.6 Å². The molecular formula is C23H23N3O3. The smallest absolute Gasteiger partial charge is 0.314 e. The highest BCUT2D eigenvalue weighted by molar-refractivity contribution is 5.88. The number of carbonyl (C=O) groups excluding carboxylic acids is 1. The van der Waals surface area contributed by atoms with Gasteiger partial charge in [0.25, 0.3) is 0 Å². The van der Waals surface area contributed by atoms with Crippen molar-refractivity contribution in [3.05, 3.63) is 59.8 Å². The summed E-state index contributed by atoms with van der Waals surface area (Å²) in [5.41, 5.74) is 10.8. The van der Waals surface area contributed by atoms with E-state index in [9.17, 15) is 4.79 Å². The summed E-state index contributed by atoms with van der Waals surface area (Å²) in [5, 5.41) is 1.16. The number of aromatic nitrogens is 1. The number of likely N-dealkylation sites (tertiary alicyclic amines) is 1. The van der Waals surface area contributed by atoms with Gasteiger partial charge in [0.1, 0.15) is 5.75 Å². The van der Waals surface area contributed by atoms with Gasteiger partial charge in [0.05, 0.1) is 12.1 Å². The first-order chi connectivity index (χ1) is 14.0. The number of fused-ring (bicyclic) bond motifs is 2. The number of aryl methyl sites for hydroxylation is 1. The molecule has 0 atom stereocenters. The van der Waals surface area contributed by atoms with Crippen LogP contribution in [0.15, 0.2) is 48.7 Å². The monoisotopic (exact) mass is 389 g/mol. The maximum Gasteiger partial charge on any atom is 0.314 e. The molecule has 1 aromatic heterocycles. The Kier molecular flexibility index (Phi) is 4.17. The minimum atomic E-state index is -0.666. The number of nitrogens with zero attached hydrogens (tertiary/aromatic N) is 2. The van der Waals surface area contributed by atoms with Crippen molar-refractivity contribution in [3.8, 4) is 16.9 Å². The highest BCUT2D eigenvalue weighted by Crippen LogP contribution is 2.39. The lowest BCUT2D eigenvalue weighted by Crippen LogP contribution is -2.53. The van der Waals surface area contributed by atoms with E-state index in [2.05, 4.69) is 30.1 Å². The van der Waals surface area contributed by atoms with Crippen molar-refractivity contribution in [2.45, 2.75) is 32.2 Å². The molecule has 3 heterocycles. The SMILES string of the molecule is Cc1c(-c2ccc3c(c2)COC2(CCN(C(N)=O)CC2)O3)cnc2ccccc12. The largest absolute Gasteiger partial charge is 0.462 e. The first-order valence-electron chi connectivity index (χ1n) is 9.90. The van der Waals surface area contributed by atoms with Crippen LogP contribution in [0.3, 0.4) is 0 Å². The van der Waals surface area contributed by atoms with Gasteiger partial charge in [-0.25, -0.2) is 4.79 Å². The number of urea groups is 1. The van der Waals surface area contributed by atoms with Gasteiger partial charge in [-0.2, -0.15) is 0 Å². The van der Waals surface area contributed by atoms with Crippen LogP contribution in [0.1, 0.15) is 24.0 Å². The molecule has 2 amide bonds. The Labute approximate surface area is 169 Å². The third-order valence-electron chi connectivity index (χ3n) is 6.04. The highest BCUT2D eigenvalue weighted by Gasteiger charge is 2.41. The molecule has 0 aliphatic carbocycles. The van der Waals surface area contributed by atoms with Crippen molar-refractivity contribution < 1.29 is 14.3 Å². The molecule has 0 saturated carbocycles. The van der Waals surface area contributed by atoms with Crippen molar-refractivity contribution >= 4 is 16.9 Å². The standard InChI is InChI=1S/C23H23N3O3/c1-15-18-4-2-3-5-20(18)25-13-19(15)16-6-7-21-17(12-16)14-28-23(29-21)8-10-26(11-9-23)22(24)27/h2-7,12-13H,8-11,14H2,1H3,(H2,24,27). The molecule has 2 aliphatic heterocycles. The summed E-state index contributed by atoms with van der Waals surface area (Å²) in [4.78, 5) is 17.6. The van der Waals surface area contributed by atoms with Crippen LogP contribution >= 0.6 is 0 Å². The lowest BCUT2D eigenvalue weighted by molar-refractivity contribution is -0.225. The summed E-state index contributed by atoms with van der Waals surface area (Å²) in [6.45, 7) is 3.71. The quantitative estimate of drug-likeness (QED) is 0.683. The van der Waals surface area contributed by atoms with Crippen LogP contribution in [0.4, 0.5) is 4.79 Å². The second-order valence-corrected chi connectivity index (χ2v) is 7.76. The van der Waals surface area contributed by atoms with Crippen LogP contribution in [-0.2, 0) is 11.3 Å². The molecule has 1 fully saturated rings. The van der Waals surface area contributed by atoms with Crippen molar-refractivity contribution in [2.24, 2.45) is 5.73 Å². The molecule has 148 valence electrons. The average molecular weight is 389 g/mol. The number of benzene rings is 2. The Balaban J connectivity index is 1.42. The number of pyridine rings is 1. The highest BCUT2D eigenvalue weighted by atomic mass is 16.7. The maximum atomic E-state index is 11.4. The Bertz CT molecular complexity index is 1100. The Morgan fingerprint density at radius 1 is 1.17 bits per heavy atom. The first-order valence-corrected chi connectivity index (χ1v) is 9.90. The van der Waals surface area contributed by atoms with Gasteiger partial charge in [0.2, 0.25) is 5.79 Å². The number of nitrogens with two attached hydrogens (primary N) is 1. The lowest BCUT2D eigenvalue weighted by atomic mass is 9.96. The number of rotatable bonds is 1. The van der Waals surface area contributed by atoms with Crippen LogP contribution in [-0.4, -0.2) is 34.8 Å². The summed E-state index contributed by atoms with van der Waals surface area (Å²) in [6, 6.07) is 14.0. The fraction of sp³-hybridized carbons (Fsp3) is 0.304. The predicted octanol–water partition coefficient (Wildman–Crippen LogP) is 3.99. The van der Waals surface area contributed by atoms with E-state index in [0.717, 1.165) is 33.3 Å². The van der Waals surface area contributed by atoms with Crippen LogP contribution in [0.5, 0.6) is 5.75 Å². The predicted molar refractivity (Wildman–Crippen MR) is 110 cm³/mol. The number of primary amides is 1. The third kappa shape index (κ3) is 3.09. The molecule has 0 bridgehead atoms. The van der Waals surface area contributed by atoms with E-state index in [-0.39, 0.29) is 6.03 Å². The van der Waals surface area contributed by atoms with Crippen molar-refractivity contribution in [1.82, 2.24) is 9.88 Å². The second kappa shape index (κ2) is 6.74. The van der Waals surface area contributed by atoms with Gasteiger partial charge in [-0.15, -0.1) is 0 Å². The normalized spacial score (nSPS) is 17.8. The zero-order valence-electron chi connectivity index (χ0n) is 16.4.